The molecule has 0 bridgehead atoms. The standard InChI is InChI=1S/C7H7F3N2O/c8-7(9,10)6(11)4-1-2-5(13)12-3-4/h1-3,6H,11H2,(H,12,13)/t6-/m1/s1. The second-order valence-electron chi connectivity index (χ2n) is 2.51. The highest BCUT2D eigenvalue weighted by Crippen LogP contribution is 2.29. The van der Waals surface area contributed by atoms with Crippen molar-refractivity contribution in [2.45, 2.75) is 12.2 Å². The minimum atomic E-state index is -4.49. The van der Waals surface area contributed by atoms with Gasteiger partial charge in [0.1, 0.15) is 6.04 Å². The summed E-state index contributed by atoms with van der Waals surface area (Å²) in [5.74, 6) is 0. The van der Waals surface area contributed by atoms with Crippen LogP contribution in [0, 0.1) is 0 Å². The molecule has 1 atom stereocenters. The monoisotopic (exact) mass is 192 g/mol. The SMILES string of the molecule is N[C@H](c1ccc(=O)[nH]c1)C(F)(F)F. The van der Waals surface area contributed by atoms with E-state index in [2.05, 4.69) is 4.98 Å². The Labute approximate surface area is 71.4 Å². The highest BCUT2D eigenvalue weighted by Gasteiger charge is 2.37. The van der Waals surface area contributed by atoms with E-state index in [4.69, 9.17) is 5.73 Å². The summed E-state index contributed by atoms with van der Waals surface area (Å²) in [5.41, 5.74) is 4.25. The average molecular weight is 192 g/mol. The van der Waals surface area contributed by atoms with Crippen LogP contribution in [-0.2, 0) is 0 Å². The van der Waals surface area contributed by atoms with E-state index in [0.29, 0.717) is 0 Å². The summed E-state index contributed by atoms with van der Waals surface area (Å²) in [4.78, 5) is 12.6. The molecule has 0 spiro atoms. The van der Waals surface area contributed by atoms with E-state index < -0.39 is 17.8 Å². The summed E-state index contributed by atoms with van der Waals surface area (Å²) in [6.07, 6.45) is -3.53. The molecule has 1 rings (SSSR count). The number of aromatic amines is 1. The van der Waals surface area contributed by atoms with E-state index in [1.807, 2.05) is 0 Å². The second-order valence-corrected chi connectivity index (χ2v) is 2.51. The van der Waals surface area contributed by atoms with Crippen LogP contribution in [-0.4, -0.2) is 11.2 Å². The van der Waals surface area contributed by atoms with Crippen LogP contribution in [0.5, 0.6) is 0 Å². The Hall–Kier alpha value is -1.30. The van der Waals surface area contributed by atoms with Gasteiger partial charge in [-0.15, -0.1) is 0 Å². The van der Waals surface area contributed by atoms with Crippen LogP contribution < -0.4 is 11.3 Å². The maximum Gasteiger partial charge on any atom is 0.407 e. The third kappa shape index (κ3) is 2.32. The van der Waals surface area contributed by atoms with Gasteiger partial charge in [-0.1, -0.05) is 6.07 Å². The largest absolute Gasteiger partial charge is 0.407 e. The molecule has 3 nitrogen and oxygen atoms in total. The highest BCUT2D eigenvalue weighted by molar-refractivity contribution is 5.14. The Morgan fingerprint density at radius 3 is 2.38 bits per heavy atom. The molecule has 0 aliphatic rings. The van der Waals surface area contributed by atoms with Gasteiger partial charge in [0.25, 0.3) is 0 Å². The van der Waals surface area contributed by atoms with Crippen molar-refractivity contribution in [2.75, 3.05) is 0 Å². The lowest BCUT2D eigenvalue weighted by Gasteiger charge is -2.14. The van der Waals surface area contributed by atoms with Crippen LogP contribution >= 0.6 is 0 Å². The molecule has 1 aromatic heterocycles. The lowest BCUT2D eigenvalue weighted by Crippen LogP contribution is -2.28. The molecule has 0 aliphatic carbocycles. The number of nitrogens with two attached hydrogens (primary N) is 1. The van der Waals surface area contributed by atoms with Gasteiger partial charge in [0.15, 0.2) is 0 Å². The van der Waals surface area contributed by atoms with Crippen LogP contribution in [0.1, 0.15) is 11.6 Å². The van der Waals surface area contributed by atoms with Gasteiger partial charge in [-0.2, -0.15) is 13.2 Å². The van der Waals surface area contributed by atoms with Crippen LogP contribution in [0.2, 0.25) is 0 Å². The molecule has 0 saturated heterocycles. The molecular weight excluding hydrogens is 185 g/mol. The topological polar surface area (TPSA) is 58.9 Å². The third-order valence-corrected chi connectivity index (χ3v) is 1.52. The Morgan fingerprint density at radius 2 is 2.00 bits per heavy atom. The summed E-state index contributed by atoms with van der Waals surface area (Å²) in [6, 6.07) is 0.00197. The molecule has 0 radical (unpaired) electrons. The normalized spacial score (nSPS) is 14.2. The van der Waals surface area contributed by atoms with Gasteiger partial charge < -0.3 is 10.7 Å². The molecule has 1 aromatic rings. The number of hydrogen-bond donors (Lipinski definition) is 2. The molecule has 0 aliphatic heterocycles. The Morgan fingerprint density at radius 1 is 1.38 bits per heavy atom. The zero-order valence-corrected chi connectivity index (χ0v) is 6.43. The Kier molecular flexibility index (Phi) is 2.42. The first-order valence-corrected chi connectivity index (χ1v) is 3.42. The van der Waals surface area contributed by atoms with E-state index in [0.717, 1.165) is 18.3 Å². The Balaban J connectivity index is 2.96. The zero-order chi connectivity index (χ0) is 10.1. The number of rotatable bonds is 1. The summed E-state index contributed by atoms with van der Waals surface area (Å²) >= 11 is 0. The molecule has 0 amide bonds. The quantitative estimate of drug-likeness (QED) is 0.695. The number of halogens is 3. The van der Waals surface area contributed by atoms with Crippen molar-refractivity contribution in [1.82, 2.24) is 4.98 Å². The molecule has 1 heterocycles. The Bertz CT molecular complexity index is 324. The van der Waals surface area contributed by atoms with E-state index >= 15 is 0 Å². The van der Waals surface area contributed by atoms with Crippen LogP contribution in [0.15, 0.2) is 23.1 Å². The first-order valence-electron chi connectivity index (χ1n) is 3.42. The number of pyridine rings is 1. The molecule has 0 saturated carbocycles. The number of aromatic nitrogens is 1. The third-order valence-electron chi connectivity index (χ3n) is 1.52. The molecule has 13 heavy (non-hydrogen) atoms. The molecular formula is C7H7F3N2O. The molecule has 72 valence electrons. The van der Waals surface area contributed by atoms with Crippen molar-refractivity contribution < 1.29 is 13.2 Å². The van der Waals surface area contributed by atoms with Crippen LogP contribution in [0.4, 0.5) is 13.2 Å². The fourth-order valence-corrected chi connectivity index (χ4v) is 0.805. The van der Waals surface area contributed by atoms with Crippen molar-refractivity contribution >= 4 is 0 Å². The molecule has 0 fully saturated rings. The van der Waals surface area contributed by atoms with Crippen molar-refractivity contribution in [3.8, 4) is 0 Å². The fourth-order valence-electron chi connectivity index (χ4n) is 0.805. The predicted molar refractivity (Wildman–Crippen MR) is 40.0 cm³/mol. The number of nitrogens with one attached hydrogen (secondary N) is 1. The average Bonchev–Trinajstić information content (AvgIpc) is 2.03. The van der Waals surface area contributed by atoms with Crippen molar-refractivity contribution in [3.05, 3.63) is 34.2 Å². The maximum absolute atomic E-state index is 12.0. The van der Waals surface area contributed by atoms with Gasteiger partial charge in [-0.3, -0.25) is 4.79 Å². The van der Waals surface area contributed by atoms with Gasteiger partial charge in [-0.25, -0.2) is 0 Å². The van der Waals surface area contributed by atoms with Gasteiger partial charge in [0.05, 0.1) is 0 Å². The highest BCUT2D eigenvalue weighted by atomic mass is 19.4. The van der Waals surface area contributed by atoms with Crippen molar-refractivity contribution in [2.24, 2.45) is 5.73 Å². The molecule has 0 unspecified atom stereocenters. The number of H-pyrrole nitrogens is 1. The lowest BCUT2D eigenvalue weighted by molar-refractivity contribution is -0.149. The number of hydrogen-bond acceptors (Lipinski definition) is 2. The summed E-state index contributed by atoms with van der Waals surface area (Å²) in [6.45, 7) is 0. The predicted octanol–water partition coefficient (Wildman–Crippen LogP) is 0.937. The minimum Gasteiger partial charge on any atom is -0.329 e. The van der Waals surface area contributed by atoms with Crippen molar-refractivity contribution in [1.29, 1.82) is 0 Å². The van der Waals surface area contributed by atoms with Gasteiger partial charge in [0, 0.05) is 12.3 Å². The minimum absolute atomic E-state index is 0.160. The first-order chi connectivity index (χ1) is 5.91. The van der Waals surface area contributed by atoms with Crippen LogP contribution in [0.25, 0.3) is 0 Å². The zero-order valence-electron chi connectivity index (χ0n) is 6.43. The van der Waals surface area contributed by atoms with E-state index in [-0.39, 0.29) is 5.56 Å². The van der Waals surface area contributed by atoms with Gasteiger partial charge in [0.2, 0.25) is 5.56 Å². The molecule has 6 heteroatoms. The van der Waals surface area contributed by atoms with E-state index in [9.17, 15) is 18.0 Å². The summed E-state index contributed by atoms with van der Waals surface area (Å²) in [7, 11) is 0. The smallest absolute Gasteiger partial charge is 0.329 e. The molecule has 3 N–H and O–H groups in total. The van der Waals surface area contributed by atoms with Crippen LogP contribution in [0.3, 0.4) is 0 Å². The summed E-state index contributed by atoms with van der Waals surface area (Å²) in [5, 5.41) is 0. The van der Waals surface area contributed by atoms with E-state index in [1.54, 1.807) is 0 Å². The van der Waals surface area contributed by atoms with Crippen molar-refractivity contribution in [3.63, 3.8) is 0 Å². The second kappa shape index (κ2) is 3.21. The summed E-state index contributed by atoms with van der Waals surface area (Å²) < 4.78 is 36.1. The lowest BCUT2D eigenvalue weighted by atomic mass is 10.1. The van der Waals surface area contributed by atoms with Gasteiger partial charge in [-0.05, 0) is 5.56 Å². The maximum atomic E-state index is 12.0. The van der Waals surface area contributed by atoms with Gasteiger partial charge >= 0.3 is 6.18 Å². The van der Waals surface area contributed by atoms with E-state index in [1.165, 1.54) is 0 Å². The number of alkyl halides is 3. The molecule has 0 aromatic carbocycles. The first kappa shape index (κ1) is 9.79. The fraction of sp³-hybridized carbons (Fsp3) is 0.286.